The van der Waals surface area contributed by atoms with Crippen molar-refractivity contribution < 1.29 is 43.0 Å². The van der Waals surface area contributed by atoms with Gasteiger partial charge in [0.1, 0.15) is 11.8 Å². The molecule has 0 bridgehead atoms. The molecule has 0 saturated heterocycles. The van der Waals surface area contributed by atoms with E-state index in [1.165, 1.54) is 0 Å². The topological polar surface area (TPSA) is 84.9 Å². The molecule has 36 heavy (non-hydrogen) atoms. The Morgan fingerprint density at radius 2 is 1.72 bits per heavy atom. The Kier molecular flexibility index (Phi) is 12.1. The summed E-state index contributed by atoms with van der Waals surface area (Å²) in [5.41, 5.74) is 4.98. The van der Waals surface area contributed by atoms with Crippen LogP contribution in [0, 0.1) is 6.92 Å². The molecule has 0 radical (unpaired) electrons. The Balaban J connectivity index is 0.00000456. The number of amides is 1. The molecule has 0 aliphatic heterocycles. The molecular formula is C28H31LiNO5S+. The first-order valence-electron chi connectivity index (χ1n) is 11.4. The van der Waals surface area contributed by atoms with Crippen molar-refractivity contribution in [3.05, 3.63) is 89.0 Å². The number of thioether (sulfide) groups is 1. The largest absolute Gasteiger partial charge is 1.00 e. The maximum Gasteiger partial charge on any atom is 1.00 e. The van der Waals surface area contributed by atoms with Gasteiger partial charge < -0.3 is 19.9 Å². The average Bonchev–Trinajstić information content (AvgIpc) is 2.86. The number of carboxylic acid groups (broad SMARTS) is 1. The number of hydrogen-bond acceptors (Lipinski definition) is 5. The van der Waals surface area contributed by atoms with Crippen molar-refractivity contribution in [1.82, 2.24) is 5.32 Å². The number of hydrogen-bond donors (Lipinski definition) is 2. The molecule has 8 heteroatoms. The Morgan fingerprint density at radius 1 is 1.00 bits per heavy atom. The predicted molar refractivity (Wildman–Crippen MR) is 140 cm³/mol. The van der Waals surface area contributed by atoms with Crippen molar-refractivity contribution in [1.29, 1.82) is 0 Å². The van der Waals surface area contributed by atoms with Gasteiger partial charge in [-0.25, -0.2) is 4.79 Å². The Morgan fingerprint density at radius 3 is 2.42 bits per heavy atom. The molecule has 0 aliphatic rings. The van der Waals surface area contributed by atoms with Gasteiger partial charge in [0.25, 0.3) is 5.91 Å². The quantitative estimate of drug-likeness (QED) is 0.372. The summed E-state index contributed by atoms with van der Waals surface area (Å²) in [5.74, 6) is -0.0243. The van der Waals surface area contributed by atoms with Gasteiger partial charge in [-0.15, -0.1) is 0 Å². The van der Waals surface area contributed by atoms with Gasteiger partial charge in [0.05, 0.1) is 20.3 Å². The fraction of sp³-hybridized carbons (Fsp3) is 0.286. The van der Waals surface area contributed by atoms with Crippen molar-refractivity contribution in [2.75, 3.05) is 19.1 Å². The van der Waals surface area contributed by atoms with Crippen LogP contribution in [0.1, 0.15) is 33.5 Å². The van der Waals surface area contributed by atoms with Crippen LogP contribution in [0.25, 0.3) is 11.1 Å². The maximum atomic E-state index is 13.2. The molecule has 0 aromatic heterocycles. The first-order chi connectivity index (χ1) is 16.9. The molecule has 0 heterocycles. The number of para-hydroxylation sites is 1. The number of ether oxygens (including phenoxy) is 2. The molecule has 0 spiro atoms. The monoisotopic (exact) mass is 500 g/mol. The van der Waals surface area contributed by atoms with Crippen molar-refractivity contribution in [2.24, 2.45) is 0 Å². The van der Waals surface area contributed by atoms with E-state index < -0.39 is 17.9 Å². The third-order valence-electron chi connectivity index (χ3n) is 5.70. The minimum Gasteiger partial charge on any atom is -0.496 e. The average molecular weight is 501 g/mol. The number of aryl methyl sites for hydroxylation is 1. The third-order valence-corrected chi connectivity index (χ3v) is 6.34. The molecule has 1 atom stereocenters. The van der Waals surface area contributed by atoms with Gasteiger partial charge in [-0.05, 0) is 65.8 Å². The number of carbonyl (C=O) groups excluding carboxylic acids is 1. The first kappa shape index (κ1) is 29.5. The van der Waals surface area contributed by atoms with Crippen LogP contribution in [-0.4, -0.2) is 42.1 Å². The number of benzene rings is 3. The molecule has 6 nitrogen and oxygen atoms in total. The molecule has 3 aromatic rings. The molecule has 2 N–H and O–H groups in total. The fourth-order valence-corrected chi connectivity index (χ4v) is 4.28. The summed E-state index contributed by atoms with van der Waals surface area (Å²) < 4.78 is 11.3. The molecule has 0 fully saturated rings. The van der Waals surface area contributed by atoms with E-state index in [2.05, 4.69) is 5.32 Å². The second kappa shape index (κ2) is 14.8. The zero-order valence-corrected chi connectivity index (χ0v) is 22.1. The number of carbonyl (C=O) groups is 2. The Bertz CT molecular complexity index is 1170. The van der Waals surface area contributed by atoms with Crippen molar-refractivity contribution in [3.63, 3.8) is 0 Å². The molecule has 3 aromatic carbocycles. The van der Waals surface area contributed by atoms with Crippen LogP contribution >= 0.6 is 11.8 Å². The van der Waals surface area contributed by atoms with E-state index in [4.69, 9.17) is 9.47 Å². The number of aliphatic carboxylic acids is 1. The molecule has 1 amide bonds. The maximum absolute atomic E-state index is 13.2. The molecule has 0 saturated carbocycles. The number of methoxy groups -OCH3 is 1. The van der Waals surface area contributed by atoms with Crippen molar-refractivity contribution in [3.8, 4) is 16.9 Å². The van der Waals surface area contributed by atoms with Crippen molar-refractivity contribution >= 4 is 23.6 Å². The number of carboxylic acids is 1. The van der Waals surface area contributed by atoms with E-state index >= 15 is 0 Å². The molecule has 184 valence electrons. The van der Waals surface area contributed by atoms with E-state index in [9.17, 15) is 14.7 Å². The van der Waals surface area contributed by atoms with Crippen LogP contribution in [0.3, 0.4) is 0 Å². The zero-order chi connectivity index (χ0) is 25.2. The molecule has 3 rings (SSSR count). The van der Waals surface area contributed by atoms with Gasteiger partial charge in [0, 0.05) is 11.1 Å². The van der Waals surface area contributed by atoms with Crippen LogP contribution < -0.4 is 28.9 Å². The van der Waals surface area contributed by atoms with Gasteiger partial charge >= 0.3 is 24.8 Å². The van der Waals surface area contributed by atoms with Gasteiger partial charge in [-0.3, -0.25) is 4.79 Å². The number of nitrogens with one attached hydrogen (secondary N) is 1. The molecular weight excluding hydrogens is 469 g/mol. The first-order valence-corrected chi connectivity index (χ1v) is 12.7. The van der Waals surface area contributed by atoms with Crippen LogP contribution in [0.15, 0.2) is 66.7 Å². The van der Waals surface area contributed by atoms with Crippen LogP contribution in [0.4, 0.5) is 0 Å². The minimum absolute atomic E-state index is 0. The smallest absolute Gasteiger partial charge is 0.496 e. The summed E-state index contributed by atoms with van der Waals surface area (Å²) >= 11 is 1.55. The van der Waals surface area contributed by atoms with E-state index in [-0.39, 0.29) is 18.9 Å². The summed E-state index contributed by atoms with van der Waals surface area (Å²) in [6, 6.07) is 20.1. The van der Waals surface area contributed by atoms with E-state index in [0.717, 1.165) is 33.6 Å². The summed E-state index contributed by atoms with van der Waals surface area (Å²) in [6.45, 7) is 2.73. The van der Waals surface area contributed by atoms with Gasteiger partial charge in [-0.1, -0.05) is 48.5 Å². The van der Waals surface area contributed by atoms with E-state index in [1.54, 1.807) is 24.9 Å². The minimum atomic E-state index is -1.04. The van der Waals surface area contributed by atoms with Crippen LogP contribution in [0.2, 0.25) is 0 Å². The normalized spacial score (nSPS) is 11.3. The third kappa shape index (κ3) is 7.91. The van der Waals surface area contributed by atoms with E-state index in [0.29, 0.717) is 31.0 Å². The molecule has 0 aliphatic carbocycles. The van der Waals surface area contributed by atoms with Crippen LogP contribution in [-0.2, 0) is 22.7 Å². The van der Waals surface area contributed by atoms with Crippen molar-refractivity contribution in [2.45, 2.75) is 32.6 Å². The summed E-state index contributed by atoms with van der Waals surface area (Å²) in [6.07, 6.45) is 2.27. The molecule has 1 unspecified atom stereocenters. The fourth-order valence-electron chi connectivity index (χ4n) is 3.81. The zero-order valence-electron chi connectivity index (χ0n) is 21.2. The summed E-state index contributed by atoms with van der Waals surface area (Å²) in [5, 5.41) is 12.2. The van der Waals surface area contributed by atoms with Gasteiger partial charge in [0.2, 0.25) is 0 Å². The van der Waals surface area contributed by atoms with E-state index in [1.807, 2.05) is 73.8 Å². The number of rotatable bonds is 12. The van der Waals surface area contributed by atoms with Gasteiger partial charge in [0.15, 0.2) is 0 Å². The van der Waals surface area contributed by atoms with Crippen LogP contribution in [0.5, 0.6) is 5.75 Å². The predicted octanol–water partition coefficient (Wildman–Crippen LogP) is 2.33. The summed E-state index contributed by atoms with van der Waals surface area (Å²) in [7, 11) is 1.63. The second-order valence-corrected chi connectivity index (χ2v) is 9.13. The standard InChI is InChI=1S/C28H31NO5S.Li/c1-19-8-4-6-10-22(19)24-16-20(17-34-18-21-9-5-7-11-26(21)33-2)12-13-23(24)27(30)29-25(28(31)32)14-15-35-3;/h4-13,16,25H,14-15,17-18H2,1-3H3,(H,29,30)(H,31,32);/q;+1. The Labute approximate surface area is 229 Å². The second-order valence-electron chi connectivity index (χ2n) is 8.15. The summed E-state index contributed by atoms with van der Waals surface area (Å²) in [4.78, 5) is 24.8. The Hall–Kier alpha value is -2.69. The van der Waals surface area contributed by atoms with Gasteiger partial charge in [-0.2, -0.15) is 11.8 Å². The SMILES string of the molecule is COc1ccccc1COCc1ccc(C(=O)NC(CCSC)C(=O)O)c(-c2ccccc2C)c1.[Li+].